The Kier molecular flexibility index (Phi) is 4.54. The molecule has 15 heavy (non-hydrogen) atoms. The highest BCUT2D eigenvalue weighted by atomic mass is 16.2. The molecule has 1 atom stereocenters. The second-order valence-electron chi connectivity index (χ2n) is 4.83. The molecule has 1 aliphatic heterocycles. The molecular formula is C11H23N3O. The predicted molar refractivity (Wildman–Crippen MR) is 61.5 cm³/mol. The van der Waals surface area contributed by atoms with Crippen LogP contribution in [0.25, 0.3) is 0 Å². The maximum atomic E-state index is 11.5. The maximum Gasteiger partial charge on any atom is 0.234 e. The van der Waals surface area contributed by atoms with Crippen molar-refractivity contribution in [2.75, 3.05) is 32.7 Å². The Morgan fingerprint density at radius 3 is 2.87 bits per heavy atom. The lowest BCUT2D eigenvalue weighted by Gasteiger charge is -2.22. The van der Waals surface area contributed by atoms with Crippen molar-refractivity contribution in [3.8, 4) is 0 Å². The van der Waals surface area contributed by atoms with Gasteiger partial charge < -0.3 is 11.1 Å². The summed E-state index contributed by atoms with van der Waals surface area (Å²) in [6, 6.07) is 0. The molecule has 0 radical (unpaired) electrons. The van der Waals surface area contributed by atoms with E-state index in [1.807, 2.05) is 0 Å². The first kappa shape index (κ1) is 12.5. The highest BCUT2D eigenvalue weighted by molar-refractivity contribution is 5.78. The highest BCUT2D eigenvalue weighted by Crippen LogP contribution is 2.27. The van der Waals surface area contributed by atoms with E-state index in [4.69, 9.17) is 5.73 Å². The zero-order chi connectivity index (χ0) is 11.3. The van der Waals surface area contributed by atoms with E-state index in [0.717, 1.165) is 32.5 Å². The molecule has 1 unspecified atom stereocenters. The van der Waals surface area contributed by atoms with Crippen LogP contribution >= 0.6 is 0 Å². The number of amides is 1. The number of likely N-dealkylation sites (tertiary alicyclic amines) is 1. The molecule has 88 valence electrons. The predicted octanol–water partition coefficient (Wildman–Crippen LogP) is 0.183. The van der Waals surface area contributed by atoms with Crippen molar-refractivity contribution in [1.82, 2.24) is 10.2 Å². The van der Waals surface area contributed by atoms with Crippen LogP contribution in [0.4, 0.5) is 0 Å². The molecule has 0 aromatic carbocycles. The third kappa shape index (κ3) is 3.80. The highest BCUT2D eigenvalue weighted by Gasteiger charge is 2.32. The SMILES string of the molecule is CCCNC(=O)CN1CCC(C)(CN)C1. The number of hydrogen-bond donors (Lipinski definition) is 2. The summed E-state index contributed by atoms with van der Waals surface area (Å²) in [6.07, 6.45) is 2.09. The third-order valence-corrected chi connectivity index (χ3v) is 3.07. The molecule has 1 heterocycles. The molecule has 1 fully saturated rings. The molecule has 0 aliphatic carbocycles. The van der Waals surface area contributed by atoms with Gasteiger partial charge in [-0.2, -0.15) is 0 Å². The van der Waals surface area contributed by atoms with E-state index in [9.17, 15) is 4.79 Å². The molecular weight excluding hydrogens is 190 g/mol. The quantitative estimate of drug-likeness (QED) is 0.685. The maximum absolute atomic E-state index is 11.5. The Morgan fingerprint density at radius 1 is 1.60 bits per heavy atom. The van der Waals surface area contributed by atoms with Crippen molar-refractivity contribution < 1.29 is 4.79 Å². The van der Waals surface area contributed by atoms with E-state index in [0.29, 0.717) is 13.1 Å². The molecule has 1 saturated heterocycles. The summed E-state index contributed by atoms with van der Waals surface area (Å²) in [4.78, 5) is 13.7. The van der Waals surface area contributed by atoms with E-state index in [-0.39, 0.29) is 11.3 Å². The second kappa shape index (κ2) is 5.47. The number of carbonyl (C=O) groups is 1. The number of nitrogens with two attached hydrogens (primary N) is 1. The Labute approximate surface area is 92.2 Å². The average Bonchev–Trinajstić information content (AvgIpc) is 2.58. The molecule has 0 aromatic heterocycles. The van der Waals surface area contributed by atoms with Crippen LogP contribution in [0.2, 0.25) is 0 Å². The van der Waals surface area contributed by atoms with Crippen LogP contribution in [0.1, 0.15) is 26.7 Å². The first-order chi connectivity index (χ1) is 7.09. The van der Waals surface area contributed by atoms with Gasteiger partial charge in [-0.25, -0.2) is 0 Å². The molecule has 1 rings (SSSR count). The van der Waals surface area contributed by atoms with Gasteiger partial charge in [0.2, 0.25) is 5.91 Å². The first-order valence-electron chi connectivity index (χ1n) is 5.79. The number of rotatable bonds is 5. The van der Waals surface area contributed by atoms with Gasteiger partial charge in [0.05, 0.1) is 6.54 Å². The van der Waals surface area contributed by atoms with E-state index >= 15 is 0 Å². The van der Waals surface area contributed by atoms with Crippen molar-refractivity contribution in [2.24, 2.45) is 11.1 Å². The summed E-state index contributed by atoms with van der Waals surface area (Å²) < 4.78 is 0. The summed E-state index contributed by atoms with van der Waals surface area (Å²) in [5.41, 5.74) is 5.93. The smallest absolute Gasteiger partial charge is 0.234 e. The third-order valence-electron chi connectivity index (χ3n) is 3.07. The van der Waals surface area contributed by atoms with Crippen molar-refractivity contribution in [1.29, 1.82) is 0 Å². The zero-order valence-corrected chi connectivity index (χ0v) is 9.88. The van der Waals surface area contributed by atoms with Gasteiger partial charge in [0.1, 0.15) is 0 Å². The van der Waals surface area contributed by atoms with E-state index < -0.39 is 0 Å². The average molecular weight is 213 g/mol. The minimum absolute atomic E-state index is 0.137. The van der Waals surface area contributed by atoms with Gasteiger partial charge in [0.25, 0.3) is 0 Å². The second-order valence-corrected chi connectivity index (χ2v) is 4.83. The van der Waals surface area contributed by atoms with E-state index in [1.165, 1.54) is 0 Å². The molecule has 4 heteroatoms. The van der Waals surface area contributed by atoms with Gasteiger partial charge in [0, 0.05) is 13.1 Å². The zero-order valence-electron chi connectivity index (χ0n) is 9.88. The summed E-state index contributed by atoms with van der Waals surface area (Å²) in [5.74, 6) is 0.137. The normalized spacial score (nSPS) is 26.9. The lowest BCUT2D eigenvalue weighted by atomic mass is 9.90. The molecule has 0 spiro atoms. The van der Waals surface area contributed by atoms with Crippen LogP contribution in [0.15, 0.2) is 0 Å². The fourth-order valence-corrected chi connectivity index (χ4v) is 1.95. The van der Waals surface area contributed by atoms with Gasteiger partial charge in [-0.1, -0.05) is 13.8 Å². The Morgan fingerprint density at radius 2 is 2.33 bits per heavy atom. The lowest BCUT2D eigenvalue weighted by Crippen LogP contribution is -2.38. The van der Waals surface area contributed by atoms with E-state index in [2.05, 4.69) is 24.1 Å². The van der Waals surface area contributed by atoms with Crippen molar-refractivity contribution in [2.45, 2.75) is 26.7 Å². The van der Waals surface area contributed by atoms with Gasteiger partial charge >= 0.3 is 0 Å². The molecule has 4 nitrogen and oxygen atoms in total. The van der Waals surface area contributed by atoms with Gasteiger partial charge in [0.15, 0.2) is 0 Å². The number of carbonyl (C=O) groups excluding carboxylic acids is 1. The lowest BCUT2D eigenvalue weighted by molar-refractivity contribution is -0.122. The Balaban J connectivity index is 2.26. The standard InChI is InChI=1S/C11H23N3O/c1-3-5-13-10(15)7-14-6-4-11(2,8-12)9-14/h3-9,12H2,1-2H3,(H,13,15). The minimum Gasteiger partial charge on any atom is -0.355 e. The van der Waals surface area contributed by atoms with Crippen LogP contribution in [0, 0.1) is 5.41 Å². The topological polar surface area (TPSA) is 58.4 Å². The minimum atomic E-state index is 0.137. The number of nitrogens with one attached hydrogen (secondary N) is 1. The van der Waals surface area contributed by atoms with Crippen molar-refractivity contribution in [3.63, 3.8) is 0 Å². The van der Waals surface area contributed by atoms with Gasteiger partial charge in [-0.05, 0) is 31.3 Å². The monoisotopic (exact) mass is 213 g/mol. The van der Waals surface area contributed by atoms with Crippen molar-refractivity contribution >= 4 is 5.91 Å². The Bertz CT molecular complexity index is 220. The largest absolute Gasteiger partial charge is 0.355 e. The fourth-order valence-electron chi connectivity index (χ4n) is 1.95. The summed E-state index contributed by atoms with van der Waals surface area (Å²) in [7, 11) is 0. The van der Waals surface area contributed by atoms with Crippen LogP contribution in [0.5, 0.6) is 0 Å². The van der Waals surface area contributed by atoms with E-state index in [1.54, 1.807) is 0 Å². The first-order valence-corrected chi connectivity index (χ1v) is 5.79. The molecule has 0 aromatic rings. The number of nitrogens with zero attached hydrogens (tertiary/aromatic N) is 1. The van der Waals surface area contributed by atoms with Crippen molar-refractivity contribution in [3.05, 3.63) is 0 Å². The summed E-state index contributed by atoms with van der Waals surface area (Å²) in [6.45, 7) is 8.20. The Hall–Kier alpha value is -0.610. The molecule has 1 amide bonds. The van der Waals surface area contributed by atoms with Gasteiger partial charge in [-0.3, -0.25) is 9.69 Å². The van der Waals surface area contributed by atoms with Crippen LogP contribution in [-0.4, -0.2) is 43.5 Å². The van der Waals surface area contributed by atoms with Crippen LogP contribution < -0.4 is 11.1 Å². The van der Waals surface area contributed by atoms with Crippen LogP contribution in [0.3, 0.4) is 0 Å². The molecule has 3 N–H and O–H groups in total. The summed E-state index contributed by atoms with van der Waals surface area (Å²) >= 11 is 0. The fraction of sp³-hybridized carbons (Fsp3) is 0.909. The van der Waals surface area contributed by atoms with Gasteiger partial charge in [-0.15, -0.1) is 0 Å². The van der Waals surface area contributed by atoms with Crippen LogP contribution in [-0.2, 0) is 4.79 Å². The molecule has 0 saturated carbocycles. The molecule has 0 bridgehead atoms. The number of hydrogen-bond acceptors (Lipinski definition) is 3. The molecule has 1 aliphatic rings. The summed E-state index contributed by atoms with van der Waals surface area (Å²) in [5, 5.41) is 2.89.